The molecule has 0 unspecified atom stereocenters. The number of thiazole rings is 1. The van der Waals surface area contributed by atoms with Crippen LogP contribution in [0.3, 0.4) is 0 Å². The standard InChI is InChI=1S/C18H15N3O3S/c1-10-16(11(2)24-21-10)17(22)19-9-12-7-8-14(23-12)18-20-13-5-3-4-6-15(13)25-18/h3-8H,9H2,1-2H3,(H,19,22). The first-order valence-electron chi connectivity index (χ1n) is 7.77. The number of para-hydroxylation sites is 1. The zero-order valence-electron chi connectivity index (χ0n) is 13.7. The molecule has 1 N–H and O–H groups in total. The minimum Gasteiger partial charge on any atom is -0.457 e. The number of aromatic nitrogens is 2. The largest absolute Gasteiger partial charge is 0.457 e. The van der Waals surface area contributed by atoms with E-state index in [0.29, 0.717) is 28.5 Å². The third kappa shape index (κ3) is 2.94. The SMILES string of the molecule is Cc1noc(C)c1C(=O)NCc1ccc(-c2nc3ccccc3s2)o1. The van der Waals surface area contributed by atoms with E-state index in [1.165, 1.54) is 0 Å². The molecule has 4 aromatic rings. The van der Waals surface area contributed by atoms with Gasteiger partial charge in [0, 0.05) is 0 Å². The van der Waals surface area contributed by atoms with Crippen LogP contribution in [-0.4, -0.2) is 16.0 Å². The predicted octanol–water partition coefficient (Wildman–Crippen LogP) is 4.09. The minimum absolute atomic E-state index is 0.228. The van der Waals surface area contributed by atoms with Crippen molar-refractivity contribution in [2.75, 3.05) is 0 Å². The highest BCUT2D eigenvalue weighted by Crippen LogP contribution is 2.31. The van der Waals surface area contributed by atoms with Crippen LogP contribution < -0.4 is 5.32 Å². The van der Waals surface area contributed by atoms with Crippen LogP contribution in [0.5, 0.6) is 0 Å². The number of rotatable bonds is 4. The number of nitrogens with one attached hydrogen (secondary N) is 1. The first-order chi connectivity index (χ1) is 12.1. The lowest BCUT2D eigenvalue weighted by Crippen LogP contribution is -2.23. The Balaban J connectivity index is 1.49. The molecule has 3 aromatic heterocycles. The average molecular weight is 353 g/mol. The Morgan fingerprint density at radius 2 is 2.04 bits per heavy atom. The van der Waals surface area contributed by atoms with Crippen molar-refractivity contribution in [2.45, 2.75) is 20.4 Å². The fraction of sp³-hybridized carbons (Fsp3) is 0.167. The van der Waals surface area contributed by atoms with Gasteiger partial charge in [-0.05, 0) is 38.1 Å². The van der Waals surface area contributed by atoms with Gasteiger partial charge in [-0.15, -0.1) is 11.3 Å². The molecule has 0 aliphatic heterocycles. The van der Waals surface area contributed by atoms with Gasteiger partial charge in [0.05, 0.1) is 22.5 Å². The van der Waals surface area contributed by atoms with Crippen molar-refractivity contribution in [2.24, 2.45) is 0 Å². The monoisotopic (exact) mass is 353 g/mol. The van der Waals surface area contributed by atoms with Gasteiger partial charge in [-0.25, -0.2) is 4.98 Å². The third-order valence-corrected chi connectivity index (χ3v) is 4.90. The first-order valence-corrected chi connectivity index (χ1v) is 8.59. The summed E-state index contributed by atoms with van der Waals surface area (Å²) in [4.78, 5) is 16.8. The van der Waals surface area contributed by atoms with Gasteiger partial charge in [0.1, 0.15) is 17.1 Å². The summed E-state index contributed by atoms with van der Waals surface area (Å²) in [7, 11) is 0. The van der Waals surface area contributed by atoms with Crippen molar-refractivity contribution >= 4 is 27.5 Å². The maximum Gasteiger partial charge on any atom is 0.257 e. The second-order valence-electron chi connectivity index (χ2n) is 5.63. The third-order valence-electron chi connectivity index (χ3n) is 3.85. The molecule has 0 saturated heterocycles. The summed E-state index contributed by atoms with van der Waals surface area (Å²) in [6, 6.07) is 11.7. The van der Waals surface area contributed by atoms with Gasteiger partial charge in [0.15, 0.2) is 10.8 Å². The number of benzene rings is 1. The van der Waals surface area contributed by atoms with Gasteiger partial charge < -0.3 is 14.3 Å². The molecule has 0 radical (unpaired) electrons. The van der Waals surface area contributed by atoms with E-state index in [0.717, 1.165) is 15.2 Å². The van der Waals surface area contributed by atoms with E-state index in [-0.39, 0.29) is 12.5 Å². The van der Waals surface area contributed by atoms with Crippen molar-refractivity contribution in [3.8, 4) is 10.8 Å². The van der Waals surface area contributed by atoms with Gasteiger partial charge in [-0.3, -0.25) is 4.79 Å². The van der Waals surface area contributed by atoms with E-state index in [2.05, 4.69) is 15.5 Å². The van der Waals surface area contributed by atoms with Crippen LogP contribution in [0.2, 0.25) is 0 Å². The summed E-state index contributed by atoms with van der Waals surface area (Å²) in [5.74, 6) is 1.64. The molecule has 0 saturated carbocycles. The fourth-order valence-corrected chi connectivity index (χ4v) is 3.56. The number of aryl methyl sites for hydroxylation is 2. The Labute approximate surface area is 147 Å². The molecular formula is C18H15N3O3S. The highest BCUT2D eigenvalue weighted by molar-refractivity contribution is 7.21. The Kier molecular flexibility index (Phi) is 3.85. The van der Waals surface area contributed by atoms with Gasteiger partial charge in [0.25, 0.3) is 5.91 Å². The molecule has 3 heterocycles. The zero-order chi connectivity index (χ0) is 17.4. The van der Waals surface area contributed by atoms with E-state index < -0.39 is 0 Å². The molecule has 0 spiro atoms. The normalized spacial score (nSPS) is 11.1. The lowest BCUT2D eigenvalue weighted by molar-refractivity contribution is 0.0946. The van der Waals surface area contributed by atoms with Crippen LogP contribution in [0.1, 0.15) is 27.6 Å². The minimum atomic E-state index is -0.228. The molecule has 1 amide bonds. The van der Waals surface area contributed by atoms with Gasteiger partial charge >= 0.3 is 0 Å². The van der Waals surface area contributed by atoms with Crippen LogP contribution in [0.15, 0.2) is 45.3 Å². The maximum absolute atomic E-state index is 12.3. The van der Waals surface area contributed by atoms with Crippen molar-refractivity contribution in [1.82, 2.24) is 15.5 Å². The van der Waals surface area contributed by atoms with Gasteiger partial charge in [-0.2, -0.15) is 0 Å². The van der Waals surface area contributed by atoms with Crippen LogP contribution in [0.4, 0.5) is 0 Å². The van der Waals surface area contributed by atoms with Crippen LogP contribution in [0.25, 0.3) is 21.0 Å². The van der Waals surface area contributed by atoms with E-state index in [1.54, 1.807) is 25.2 Å². The summed E-state index contributed by atoms with van der Waals surface area (Å²) in [6.07, 6.45) is 0. The van der Waals surface area contributed by atoms with Crippen LogP contribution >= 0.6 is 11.3 Å². The Hall–Kier alpha value is -2.93. The molecule has 0 aliphatic rings. The molecule has 126 valence electrons. The van der Waals surface area contributed by atoms with Crippen molar-refractivity contribution < 1.29 is 13.7 Å². The highest BCUT2D eigenvalue weighted by Gasteiger charge is 2.18. The van der Waals surface area contributed by atoms with Crippen LogP contribution in [0, 0.1) is 13.8 Å². The second kappa shape index (κ2) is 6.18. The summed E-state index contributed by atoms with van der Waals surface area (Å²) in [6.45, 7) is 3.74. The predicted molar refractivity (Wildman–Crippen MR) is 94.5 cm³/mol. The molecule has 4 rings (SSSR count). The lowest BCUT2D eigenvalue weighted by atomic mass is 10.2. The van der Waals surface area contributed by atoms with Crippen molar-refractivity contribution in [1.29, 1.82) is 0 Å². The fourth-order valence-electron chi connectivity index (χ4n) is 2.63. The molecule has 0 atom stereocenters. The molecule has 1 aromatic carbocycles. The van der Waals surface area contributed by atoms with Gasteiger partial charge in [0.2, 0.25) is 0 Å². The van der Waals surface area contributed by atoms with Crippen molar-refractivity contribution in [3.05, 3.63) is 59.2 Å². The molecule has 0 aliphatic carbocycles. The Morgan fingerprint density at radius 1 is 1.20 bits per heavy atom. The number of carbonyl (C=O) groups excluding carboxylic acids is 1. The van der Waals surface area contributed by atoms with Crippen LogP contribution in [-0.2, 0) is 6.54 Å². The number of fused-ring (bicyclic) bond motifs is 1. The number of nitrogens with zero attached hydrogens (tertiary/aromatic N) is 2. The number of furan rings is 1. The molecule has 25 heavy (non-hydrogen) atoms. The maximum atomic E-state index is 12.3. The summed E-state index contributed by atoms with van der Waals surface area (Å²) in [5, 5.41) is 7.44. The molecular weight excluding hydrogens is 338 g/mol. The quantitative estimate of drug-likeness (QED) is 0.597. The second-order valence-corrected chi connectivity index (χ2v) is 6.67. The molecule has 0 fully saturated rings. The van der Waals surface area contributed by atoms with E-state index >= 15 is 0 Å². The lowest BCUT2D eigenvalue weighted by Gasteiger charge is -2.02. The molecule has 7 heteroatoms. The number of amides is 1. The molecule has 0 bridgehead atoms. The van der Waals surface area contributed by atoms with Gasteiger partial charge in [-0.1, -0.05) is 17.3 Å². The highest BCUT2D eigenvalue weighted by atomic mass is 32.1. The Bertz CT molecular complexity index is 1010. The number of carbonyl (C=O) groups is 1. The number of hydrogen-bond donors (Lipinski definition) is 1. The first kappa shape index (κ1) is 15.6. The summed E-state index contributed by atoms with van der Waals surface area (Å²) >= 11 is 1.58. The topological polar surface area (TPSA) is 81.2 Å². The number of hydrogen-bond acceptors (Lipinski definition) is 6. The zero-order valence-corrected chi connectivity index (χ0v) is 14.5. The van der Waals surface area contributed by atoms with E-state index in [1.807, 2.05) is 36.4 Å². The smallest absolute Gasteiger partial charge is 0.257 e. The summed E-state index contributed by atoms with van der Waals surface area (Å²) < 4.78 is 12.0. The molecule has 6 nitrogen and oxygen atoms in total. The van der Waals surface area contributed by atoms with E-state index in [9.17, 15) is 4.79 Å². The average Bonchev–Trinajstić information content (AvgIpc) is 3.31. The summed E-state index contributed by atoms with van der Waals surface area (Å²) in [5.41, 5.74) is 2.00. The Morgan fingerprint density at radius 3 is 2.80 bits per heavy atom. The van der Waals surface area contributed by atoms with E-state index in [4.69, 9.17) is 8.94 Å². The van der Waals surface area contributed by atoms with Crippen molar-refractivity contribution in [3.63, 3.8) is 0 Å².